The van der Waals surface area contributed by atoms with E-state index in [-0.39, 0.29) is 12.3 Å². The Bertz CT molecular complexity index is 1270. The van der Waals surface area contributed by atoms with Gasteiger partial charge >= 0.3 is 0 Å². The second kappa shape index (κ2) is 10.2. The molecule has 0 spiro atoms. The topological polar surface area (TPSA) is 106 Å². The van der Waals surface area contributed by atoms with Gasteiger partial charge in [-0.25, -0.2) is 4.98 Å². The van der Waals surface area contributed by atoms with Crippen molar-refractivity contribution in [2.75, 3.05) is 38.3 Å². The molecule has 0 aliphatic rings. The molecule has 0 radical (unpaired) electrons. The zero-order valence-electron chi connectivity index (χ0n) is 18.8. The number of aryl methyl sites for hydroxylation is 1. The van der Waals surface area contributed by atoms with E-state index in [1.165, 1.54) is 22.7 Å². The van der Waals surface area contributed by atoms with Crippen molar-refractivity contribution >= 4 is 49.1 Å². The summed E-state index contributed by atoms with van der Waals surface area (Å²) in [5.74, 6) is 0.624. The minimum atomic E-state index is -0.154. The third-order valence-electron chi connectivity index (χ3n) is 4.88. The number of hydrogen-bond acceptors (Lipinski definition) is 9. The van der Waals surface area contributed by atoms with Gasteiger partial charge < -0.3 is 20.7 Å². The molecule has 0 atom stereocenters. The van der Waals surface area contributed by atoms with E-state index >= 15 is 0 Å². The molecule has 0 bridgehead atoms. The van der Waals surface area contributed by atoms with Gasteiger partial charge in [0.2, 0.25) is 11.0 Å². The van der Waals surface area contributed by atoms with Gasteiger partial charge in [-0.1, -0.05) is 34.8 Å². The maximum atomic E-state index is 12.6. The number of carbonyl (C=O) groups is 1. The first-order chi connectivity index (χ1) is 15.9. The number of anilines is 2. The molecule has 0 fully saturated rings. The van der Waals surface area contributed by atoms with Gasteiger partial charge in [0.05, 0.1) is 28.8 Å². The summed E-state index contributed by atoms with van der Waals surface area (Å²) in [4.78, 5) is 18.9. The summed E-state index contributed by atoms with van der Waals surface area (Å²) in [6, 6.07) is 11.7. The fourth-order valence-electron chi connectivity index (χ4n) is 3.32. The van der Waals surface area contributed by atoms with Crippen molar-refractivity contribution in [2.45, 2.75) is 19.8 Å². The molecule has 2 heterocycles. The first kappa shape index (κ1) is 23.1. The minimum Gasteiger partial charge on any atom is -0.493 e. The van der Waals surface area contributed by atoms with Crippen LogP contribution in [-0.4, -0.2) is 53.2 Å². The first-order valence-corrected chi connectivity index (χ1v) is 12.2. The van der Waals surface area contributed by atoms with Gasteiger partial charge in [0.25, 0.3) is 0 Å². The van der Waals surface area contributed by atoms with Crippen LogP contribution in [0.5, 0.6) is 5.75 Å². The number of carbonyl (C=O) groups excluding carboxylic acids is 1. The van der Waals surface area contributed by atoms with Crippen molar-refractivity contribution in [1.82, 2.24) is 20.1 Å². The quantitative estimate of drug-likeness (QED) is 0.344. The summed E-state index contributed by atoms with van der Waals surface area (Å²) in [6.45, 7) is 3.60. The third-order valence-corrected chi connectivity index (χ3v) is 6.60. The fourth-order valence-corrected chi connectivity index (χ4v) is 4.90. The van der Waals surface area contributed by atoms with Gasteiger partial charge in [-0.3, -0.25) is 4.79 Å². The molecule has 172 valence electrons. The second-order valence-corrected chi connectivity index (χ2v) is 10.0. The van der Waals surface area contributed by atoms with Gasteiger partial charge in [0.15, 0.2) is 10.1 Å². The standard InChI is InChI=1S/C23H26N6O2S2/c1-14-5-7-16(18(11-14)31-10-4-9-29(2)3)21-27-28-23(33-21)26-20(30)13-15-6-8-17-19(12-15)32-22(24)25-17/h5-8,11-12H,4,9-10,13H2,1-3H3,(H2,24,25)(H,26,28,30). The highest BCUT2D eigenvalue weighted by Gasteiger charge is 2.15. The smallest absolute Gasteiger partial charge is 0.230 e. The molecule has 4 aromatic rings. The fraction of sp³-hybridized carbons (Fsp3) is 0.304. The van der Waals surface area contributed by atoms with Gasteiger partial charge in [-0.2, -0.15) is 0 Å². The van der Waals surface area contributed by atoms with Crippen LogP contribution in [0.2, 0.25) is 0 Å². The van der Waals surface area contributed by atoms with Gasteiger partial charge in [-0.05, 0) is 62.8 Å². The Morgan fingerprint density at radius 2 is 2.00 bits per heavy atom. The average Bonchev–Trinajstić information content (AvgIpc) is 3.36. The van der Waals surface area contributed by atoms with Crippen molar-refractivity contribution in [1.29, 1.82) is 0 Å². The van der Waals surface area contributed by atoms with E-state index in [0.29, 0.717) is 21.9 Å². The zero-order chi connectivity index (χ0) is 23.4. The number of thiazole rings is 1. The number of rotatable bonds is 9. The van der Waals surface area contributed by atoms with E-state index < -0.39 is 0 Å². The predicted octanol–water partition coefficient (Wildman–Crippen LogP) is 4.22. The lowest BCUT2D eigenvalue weighted by molar-refractivity contribution is -0.115. The van der Waals surface area contributed by atoms with E-state index in [1.54, 1.807) is 0 Å². The lowest BCUT2D eigenvalue weighted by Crippen LogP contribution is -2.15. The van der Waals surface area contributed by atoms with Crippen LogP contribution >= 0.6 is 22.7 Å². The van der Waals surface area contributed by atoms with E-state index in [0.717, 1.165) is 45.6 Å². The molecule has 33 heavy (non-hydrogen) atoms. The van der Waals surface area contributed by atoms with Crippen LogP contribution in [0.3, 0.4) is 0 Å². The number of nitrogens with zero attached hydrogens (tertiary/aromatic N) is 4. The van der Waals surface area contributed by atoms with Crippen molar-refractivity contribution in [2.24, 2.45) is 0 Å². The van der Waals surface area contributed by atoms with Gasteiger partial charge in [0.1, 0.15) is 5.75 Å². The van der Waals surface area contributed by atoms with E-state index in [9.17, 15) is 4.79 Å². The summed E-state index contributed by atoms with van der Waals surface area (Å²) in [6.07, 6.45) is 1.16. The number of nitrogens with one attached hydrogen (secondary N) is 1. The van der Waals surface area contributed by atoms with Crippen molar-refractivity contribution in [3.8, 4) is 16.3 Å². The van der Waals surface area contributed by atoms with Crippen LogP contribution in [0.25, 0.3) is 20.8 Å². The van der Waals surface area contributed by atoms with Gasteiger partial charge in [-0.15, -0.1) is 10.2 Å². The molecule has 0 aliphatic carbocycles. The van der Waals surface area contributed by atoms with Crippen LogP contribution in [0.15, 0.2) is 36.4 Å². The Hall–Kier alpha value is -3.08. The molecule has 8 nitrogen and oxygen atoms in total. The van der Waals surface area contributed by atoms with Crippen molar-refractivity contribution < 1.29 is 9.53 Å². The molecule has 1 amide bonds. The monoisotopic (exact) mass is 482 g/mol. The molecule has 3 N–H and O–H groups in total. The number of amides is 1. The molecule has 0 saturated heterocycles. The van der Waals surface area contributed by atoms with E-state index in [2.05, 4.69) is 25.4 Å². The summed E-state index contributed by atoms with van der Waals surface area (Å²) >= 11 is 2.74. The van der Waals surface area contributed by atoms with Crippen molar-refractivity contribution in [3.63, 3.8) is 0 Å². The molecular weight excluding hydrogens is 456 g/mol. The number of aromatic nitrogens is 3. The number of fused-ring (bicyclic) bond motifs is 1. The van der Waals surface area contributed by atoms with E-state index in [1.807, 2.05) is 57.4 Å². The predicted molar refractivity (Wildman–Crippen MR) is 135 cm³/mol. The number of hydrogen-bond donors (Lipinski definition) is 2. The Balaban J connectivity index is 1.42. The van der Waals surface area contributed by atoms with Crippen LogP contribution in [0, 0.1) is 6.92 Å². The minimum absolute atomic E-state index is 0.154. The average molecular weight is 483 g/mol. The summed E-state index contributed by atoms with van der Waals surface area (Å²) in [5.41, 5.74) is 9.47. The molecular formula is C23H26N6O2S2. The second-order valence-electron chi connectivity index (χ2n) is 8.00. The van der Waals surface area contributed by atoms with Crippen LogP contribution in [0.1, 0.15) is 17.5 Å². The van der Waals surface area contributed by atoms with Crippen LogP contribution < -0.4 is 15.8 Å². The Morgan fingerprint density at radius 3 is 2.82 bits per heavy atom. The third kappa shape index (κ3) is 6.04. The highest BCUT2D eigenvalue weighted by atomic mass is 32.1. The highest BCUT2D eigenvalue weighted by Crippen LogP contribution is 2.34. The lowest BCUT2D eigenvalue weighted by atomic mass is 10.1. The molecule has 2 aromatic heterocycles. The molecule has 4 rings (SSSR count). The molecule has 2 aromatic carbocycles. The van der Waals surface area contributed by atoms with Crippen LogP contribution in [0.4, 0.5) is 10.3 Å². The van der Waals surface area contributed by atoms with Crippen LogP contribution in [-0.2, 0) is 11.2 Å². The van der Waals surface area contributed by atoms with Gasteiger partial charge in [0, 0.05) is 6.54 Å². The maximum Gasteiger partial charge on any atom is 0.230 e. The van der Waals surface area contributed by atoms with E-state index in [4.69, 9.17) is 10.5 Å². The number of benzene rings is 2. The molecule has 10 heteroatoms. The number of nitrogen functional groups attached to an aromatic ring is 1. The number of nitrogens with two attached hydrogens (primary N) is 1. The Labute approximate surface area is 200 Å². The summed E-state index contributed by atoms with van der Waals surface area (Å²) in [5, 5.41) is 13.0. The SMILES string of the molecule is Cc1ccc(-c2nnc(NC(=O)Cc3ccc4nc(N)sc4c3)s2)c(OCCCN(C)C)c1. The molecule has 0 saturated carbocycles. The summed E-state index contributed by atoms with van der Waals surface area (Å²) < 4.78 is 7.01. The normalized spacial score (nSPS) is 11.3. The number of ether oxygens (including phenoxy) is 1. The van der Waals surface area contributed by atoms with Crippen molar-refractivity contribution in [3.05, 3.63) is 47.5 Å². The molecule has 0 unspecified atom stereocenters. The maximum absolute atomic E-state index is 12.6. The first-order valence-electron chi connectivity index (χ1n) is 10.5. The zero-order valence-corrected chi connectivity index (χ0v) is 20.4. The lowest BCUT2D eigenvalue weighted by Gasteiger charge is -2.13. The highest BCUT2D eigenvalue weighted by molar-refractivity contribution is 7.22. The molecule has 0 aliphatic heterocycles. The Morgan fingerprint density at radius 1 is 1.15 bits per heavy atom. The largest absolute Gasteiger partial charge is 0.493 e. The summed E-state index contributed by atoms with van der Waals surface area (Å²) in [7, 11) is 4.09. The Kier molecular flexibility index (Phi) is 7.17.